The summed E-state index contributed by atoms with van der Waals surface area (Å²) in [4.78, 5) is 30.2. The molecule has 1 saturated carbocycles. The van der Waals surface area contributed by atoms with Crippen LogP contribution in [0.15, 0.2) is 59.6 Å². The highest BCUT2D eigenvalue weighted by Crippen LogP contribution is 2.40. The fraction of sp³-hybridized carbons (Fsp3) is 0.423. The van der Waals surface area contributed by atoms with Gasteiger partial charge in [0.25, 0.3) is 5.91 Å². The Hall–Kier alpha value is -3.35. The lowest BCUT2D eigenvalue weighted by molar-refractivity contribution is -0.123. The molecule has 2 amide bonds. The first-order valence-corrected chi connectivity index (χ1v) is 11.7. The fourth-order valence-corrected chi connectivity index (χ4v) is 4.83. The van der Waals surface area contributed by atoms with Gasteiger partial charge in [0.15, 0.2) is 5.96 Å². The zero-order valence-electron chi connectivity index (χ0n) is 19.3. The van der Waals surface area contributed by atoms with E-state index in [0.717, 1.165) is 18.1 Å². The maximum absolute atomic E-state index is 12.6. The highest BCUT2D eigenvalue weighted by molar-refractivity contribution is 5.97. The van der Waals surface area contributed by atoms with Crippen molar-refractivity contribution in [2.75, 3.05) is 33.2 Å². The molecule has 1 saturated heterocycles. The van der Waals surface area contributed by atoms with Crippen molar-refractivity contribution < 1.29 is 9.59 Å². The van der Waals surface area contributed by atoms with E-state index in [1.54, 1.807) is 11.9 Å². The van der Waals surface area contributed by atoms with Gasteiger partial charge in [0.05, 0.1) is 6.54 Å². The third-order valence-electron chi connectivity index (χ3n) is 6.75. The van der Waals surface area contributed by atoms with Gasteiger partial charge in [0.1, 0.15) is 0 Å². The van der Waals surface area contributed by atoms with E-state index < -0.39 is 0 Å². The maximum Gasteiger partial charge on any atom is 0.254 e. The molecular weight excluding hydrogens is 414 g/mol. The minimum absolute atomic E-state index is 0.107. The molecule has 174 valence electrons. The van der Waals surface area contributed by atoms with E-state index in [-0.39, 0.29) is 23.8 Å². The first kappa shape index (κ1) is 22.8. The Kier molecular flexibility index (Phi) is 7.27. The Morgan fingerprint density at radius 2 is 1.79 bits per heavy atom. The SMILES string of the molecule is CN=C(NCc1ccc(C(=O)N2CCNC(=O)C2)cc1)NCC1(c2ccccc2)CCCC1. The molecular formula is C26H33N5O2. The molecule has 0 aromatic heterocycles. The Labute approximate surface area is 195 Å². The highest BCUT2D eigenvalue weighted by atomic mass is 16.2. The van der Waals surface area contributed by atoms with E-state index >= 15 is 0 Å². The second-order valence-corrected chi connectivity index (χ2v) is 8.91. The van der Waals surface area contributed by atoms with Gasteiger partial charge in [-0.15, -0.1) is 0 Å². The van der Waals surface area contributed by atoms with Crippen LogP contribution in [0.25, 0.3) is 0 Å². The normalized spacial score (nSPS) is 18.0. The standard InChI is InChI=1S/C26H33N5O2/c1-27-25(30-19-26(13-5-6-14-26)22-7-3-2-4-8-22)29-17-20-9-11-21(12-10-20)24(33)31-16-15-28-23(32)18-31/h2-4,7-12H,5-6,13-19H2,1H3,(H,28,32)(H2,27,29,30). The van der Waals surface area contributed by atoms with Crippen molar-refractivity contribution in [3.8, 4) is 0 Å². The van der Waals surface area contributed by atoms with Gasteiger partial charge in [-0.25, -0.2) is 0 Å². The molecule has 2 aromatic carbocycles. The van der Waals surface area contributed by atoms with Crippen LogP contribution in [0.2, 0.25) is 0 Å². The van der Waals surface area contributed by atoms with Crippen LogP contribution in [0.4, 0.5) is 0 Å². The van der Waals surface area contributed by atoms with Crippen molar-refractivity contribution in [2.45, 2.75) is 37.6 Å². The van der Waals surface area contributed by atoms with Gasteiger partial charge in [0, 0.05) is 44.2 Å². The van der Waals surface area contributed by atoms with Gasteiger partial charge >= 0.3 is 0 Å². The number of carbonyl (C=O) groups excluding carboxylic acids is 2. The molecule has 4 rings (SSSR count). The minimum atomic E-state index is -0.110. The molecule has 0 atom stereocenters. The summed E-state index contributed by atoms with van der Waals surface area (Å²) < 4.78 is 0. The van der Waals surface area contributed by atoms with Gasteiger partial charge < -0.3 is 20.9 Å². The molecule has 33 heavy (non-hydrogen) atoms. The second kappa shape index (κ2) is 10.5. The fourth-order valence-electron chi connectivity index (χ4n) is 4.83. The van der Waals surface area contributed by atoms with E-state index in [1.807, 2.05) is 24.3 Å². The number of benzene rings is 2. The number of piperazine rings is 1. The Bertz CT molecular complexity index is 982. The molecule has 0 unspecified atom stereocenters. The summed E-state index contributed by atoms with van der Waals surface area (Å²) in [6.07, 6.45) is 4.90. The molecule has 7 nitrogen and oxygen atoms in total. The summed E-state index contributed by atoms with van der Waals surface area (Å²) in [5.41, 5.74) is 3.22. The molecule has 1 aliphatic carbocycles. The summed E-state index contributed by atoms with van der Waals surface area (Å²) in [5.74, 6) is 0.558. The number of guanidine groups is 1. The molecule has 7 heteroatoms. The zero-order valence-corrected chi connectivity index (χ0v) is 19.3. The summed E-state index contributed by atoms with van der Waals surface area (Å²) >= 11 is 0. The van der Waals surface area contributed by atoms with E-state index in [0.29, 0.717) is 25.2 Å². The summed E-state index contributed by atoms with van der Waals surface area (Å²) in [6.45, 7) is 2.63. The number of nitrogens with zero attached hydrogens (tertiary/aromatic N) is 2. The lowest BCUT2D eigenvalue weighted by atomic mass is 9.79. The Balaban J connectivity index is 1.31. The van der Waals surface area contributed by atoms with Crippen LogP contribution in [0, 0.1) is 0 Å². The third kappa shape index (κ3) is 5.53. The third-order valence-corrected chi connectivity index (χ3v) is 6.75. The van der Waals surface area contributed by atoms with Gasteiger partial charge in [-0.2, -0.15) is 0 Å². The zero-order chi connectivity index (χ0) is 23.1. The predicted molar refractivity (Wildman–Crippen MR) is 130 cm³/mol. The van der Waals surface area contributed by atoms with E-state index in [2.05, 4.69) is 51.3 Å². The lowest BCUT2D eigenvalue weighted by Crippen LogP contribution is -2.49. The van der Waals surface area contributed by atoms with Gasteiger partial charge in [-0.3, -0.25) is 14.6 Å². The second-order valence-electron chi connectivity index (χ2n) is 8.91. The Morgan fingerprint density at radius 1 is 1.06 bits per heavy atom. The van der Waals surface area contributed by atoms with Crippen molar-refractivity contribution >= 4 is 17.8 Å². The quantitative estimate of drug-likeness (QED) is 0.469. The van der Waals surface area contributed by atoms with Crippen LogP contribution in [-0.2, 0) is 16.8 Å². The number of aliphatic imine (C=N–C) groups is 1. The first-order chi connectivity index (χ1) is 16.1. The van der Waals surface area contributed by atoms with E-state index in [1.165, 1.54) is 31.2 Å². The molecule has 2 aliphatic rings. The van der Waals surface area contributed by atoms with E-state index in [4.69, 9.17) is 0 Å². The average molecular weight is 448 g/mol. The van der Waals surface area contributed by atoms with Gasteiger partial charge in [-0.05, 0) is 36.1 Å². The van der Waals surface area contributed by atoms with E-state index in [9.17, 15) is 9.59 Å². The molecule has 2 fully saturated rings. The minimum Gasteiger partial charge on any atom is -0.356 e. The average Bonchev–Trinajstić information content (AvgIpc) is 3.35. The number of hydrogen-bond donors (Lipinski definition) is 3. The molecule has 3 N–H and O–H groups in total. The van der Waals surface area contributed by atoms with Crippen LogP contribution in [-0.4, -0.2) is 55.9 Å². The van der Waals surface area contributed by atoms with Crippen molar-refractivity contribution in [3.63, 3.8) is 0 Å². The molecule has 0 bridgehead atoms. The largest absolute Gasteiger partial charge is 0.356 e. The van der Waals surface area contributed by atoms with Crippen LogP contribution < -0.4 is 16.0 Å². The van der Waals surface area contributed by atoms with Crippen molar-refractivity contribution in [1.82, 2.24) is 20.9 Å². The number of carbonyl (C=O) groups is 2. The highest BCUT2D eigenvalue weighted by Gasteiger charge is 2.35. The van der Waals surface area contributed by atoms with Crippen molar-refractivity contribution in [3.05, 3.63) is 71.3 Å². The number of hydrogen-bond acceptors (Lipinski definition) is 3. The van der Waals surface area contributed by atoms with Gasteiger partial charge in [0.2, 0.25) is 5.91 Å². The summed E-state index contributed by atoms with van der Waals surface area (Å²) in [5, 5.41) is 9.67. The van der Waals surface area contributed by atoms with Gasteiger partial charge in [-0.1, -0.05) is 55.3 Å². The van der Waals surface area contributed by atoms with Crippen LogP contribution in [0.3, 0.4) is 0 Å². The lowest BCUT2D eigenvalue weighted by Gasteiger charge is -2.30. The number of rotatable bonds is 6. The molecule has 2 aromatic rings. The predicted octanol–water partition coefficient (Wildman–Crippen LogP) is 2.44. The first-order valence-electron chi connectivity index (χ1n) is 11.7. The summed E-state index contributed by atoms with van der Waals surface area (Å²) in [7, 11) is 1.79. The maximum atomic E-state index is 12.6. The summed E-state index contributed by atoms with van der Waals surface area (Å²) in [6, 6.07) is 18.3. The monoisotopic (exact) mass is 447 g/mol. The molecule has 1 heterocycles. The molecule has 1 aliphatic heterocycles. The smallest absolute Gasteiger partial charge is 0.254 e. The van der Waals surface area contributed by atoms with Crippen molar-refractivity contribution in [1.29, 1.82) is 0 Å². The Morgan fingerprint density at radius 3 is 2.45 bits per heavy atom. The molecule has 0 radical (unpaired) electrons. The van der Waals surface area contributed by atoms with Crippen LogP contribution in [0.5, 0.6) is 0 Å². The topological polar surface area (TPSA) is 85.8 Å². The molecule has 0 spiro atoms. The van der Waals surface area contributed by atoms with Crippen LogP contribution in [0.1, 0.15) is 47.2 Å². The number of nitrogens with one attached hydrogen (secondary N) is 3. The van der Waals surface area contributed by atoms with Crippen molar-refractivity contribution in [2.24, 2.45) is 4.99 Å². The van der Waals surface area contributed by atoms with Crippen LogP contribution >= 0.6 is 0 Å². The number of amides is 2.